The molecule has 0 aromatic carbocycles. The first-order valence-electron chi connectivity index (χ1n) is 3.46. The van der Waals surface area contributed by atoms with Crippen molar-refractivity contribution in [1.29, 1.82) is 0 Å². The standard InChI is InChI=1S/C8H12N2S/c1-6-7(9-2)4-10-5-8(6)11-3/h4-5,9H,1-3H3. The van der Waals surface area contributed by atoms with Gasteiger partial charge in [0.05, 0.1) is 11.9 Å². The van der Waals surface area contributed by atoms with Gasteiger partial charge in [-0.25, -0.2) is 0 Å². The fourth-order valence-electron chi connectivity index (χ4n) is 0.964. The number of anilines is 1. The molecule has 60 valence electrons. The van der Waals surface area contributed by atoms with Crippen LogP contribution in [0.5, 0.6) is 0 Å². The van der Waals surface area contributed by atoms with E-state index in [0.29, 0.717) is 0 Å². The molecule has 1 rings (SSSR count). The van der Waals surface area contributed by atoms with Gasteiger partial charge < -0.3 is 5.32 Å². The Morgan fingerprint density at radius 3 is 2.73 bits per heavy atom. The molecule has 1 heterocycles. The number of rotatable bonds is 2. The van der Waals surface area contributed by atoms with Gasteiger partial charge in [-0.15, -0.1) is 11.8 Å². The summed E-state index contributed by atoms with van der Waals surface area (Å²) in [5.74, 6) is 0. The summed E-state index contributed by atoms with van der Waals surface area (Å²) in [7, 11) is 1.91. The van der Waals surface area contributed by atoms with Crippen LogP contribution < -0.4 is 5.32 Å². The lowest BCUT2D eigenvalue weighted by molar-refractivity contribution is 1.17. The van der Waals surface area contributed by atoms with Crippen LogP contribution in [0.2, 0.25) is 0 Å². The van der Waals surface area contributed by atoms with Gasteiger partial charge in [0.2, 0.25) is 0 Å². The maximum Gasteiger partial charge on any atom is 0.0565 e. The fourth-order valence-corrected chi connectivity index (χ4v) is 1.55. The Morgan fingerprint density at radius 2 is 2.18 bits per heavy atom. The number of thioether (sulfide) groups is 1. The summed E-state index contributed by atoms with van der Waals surface area (Å²) < 4.78 is 0. The van der Waals surface area contributed by atoms with Crippen LogP contribution in [-0.4, -0.2) is 18.3 Å². The molecule has 0 aliphatic heterocycles. The average Bonchev–Trinajstić information content (AvgIpc) is 2.05. The van der Waals surface area contributed by atoms with Crippen molar-refractivity contribution in [3.63, 3.8) is 0 Å². The van der Waals surface area contributed by atoms with E-state index >= 15 is 0 Å². The number of hydrogen-bond acceptors (Lipinski definition) is 3. The molecule has 0 saturated carbocycles. The van der Waals surface area contributed by atoms with Crippen LogP contribution in [0.25, 0.3) is 0 Å². The third-order valence-electron chi connectivity index (χ3n) is 1.66. The van der Waals surface area contributed by atoms with Gasteiger partial charge in [-0.05, 0) is 18.7 Å². The number of pyridine rings is 1. The van der Waals surface area contributed by atoms with Crippen LogP contribution in [0, 0.1) is 6.92 Å². The highest BCUT2D eigenvalue weighted by Gasteiger charge is 2.00. The minimum Gasteiger partial charge on any atom is -0.387 e. The quantitative estimate of drug-likeness (QED) is 0.685. The van der Waals surface area contributed by atoms with E-state index in [2.05, 4.69) is 23.5 Å². The first-order valence-corrected chi connectivity index (χ1v) is 4.68. The molecule has 1 aromatic heterocycles. The van der Waals surface area contributed by atoms with Crippen molar-refractivity contribution in [3.8, 4) is 0 Å². The highest BCUT2D eigenvalue weighted by molar-refractivity contribution is 7.98. The highest BCUT2D eigenvalue weighted by Crippen LogP contribution is 2.23. The molecule has 0 amide bonds. The number of nitrogens with zero attached hydrogens (tertiary/aromatic N) is 1. The van der Waals surface area contributed by atoms with Crippen LogP contribution in [0.3, 0.4) is 0 Å². The fraction of sp³-hybridized carbons (Fsp3) is 0.375. The van der Waals surface area contributed by atoms with Crippen molar-refractivity contribution in [2.45, 2.75) is 11.8 Å². The summed E-state index contributed by atoms with van der Waals surface area (Å²) in [6.07, 6.45) is 5.79. The van der Waals surface area contributed by atoms with E-state index in [1.165, 1.54) is 10.5 Å². The zero-order valence-corrected chi connectivity index (χ0v) is 7.83. The maximum absolute atomic E-state index is 4.10. The molecule has 1 aromatic rings. The molecule has 1 N–H and O–H groups in total. The molecule has 3 heteroatoms. The zero-order chi connectivity index (χ0) is 8.27. The van der Waals surface area contributed by atoms with E-state index in [0.717, 1.165) is 5.69 Å². The van der Waals surface area contributed by atoms with Crippen molar-refractivity contribution in [2.75, 3.05) is 18.6 Å². The van der Waals surface area contributed by atoms with Crippen molar-refractivity contribution in [2.24, 2.45) is 0 Å². The second-order valence-electron chi connectivity index (χ2n) is 2.26. The molecule has 0 aliphatic rings. The van der Waals surface area contributed by atoms with Gasteiger partial charge in [-0.3, -0.25) is 4.98 Å². The van der Waals surface area contributed by atoms with Gasteiger partial charge in [-0.1, -0.05) is 0 Å². The highest BCUT2D eigenvalue weighted by atomic mass is 32.2. The second-order valence-corrected chi connectivity index (χ2v) is 3.11. The molecule has 0 radical (unpaired) electrons. The lowest BCUT2D eigenvalue weighted by Crippen LogP contribution is -1.93. The van der Waals surface area contributed by atoms with E-state index in [9.17, 15) is 0 Å². The SMILES string of the molecule is CNc1cncc(SC)c1C. The molecule has 0 fully saturated rings. The van der Waals surface area contributed by atoms with Gasteiger partial charge in [-0.2, -0.15) is 0 Å². The minimum atomic E-state index is 1.11. The summed E-state index contributed by atoms with van der Waals surface area (Å²) >= 11 is 1.72. The van der Waals surface area contributed by atoms with Crippen LogP contribution in [0.15, 0.2) is 17.3 Å². The van der Waals surface area contributed by atoms with E-state index in [1.807, 2.05) is 19.4 Å². The maximum atomic E-state index is 4.10. The van der Waals surface area contributed by atoms with Crippen molar-refractivity contribution >= 4 is 17.4 Å². The first kappa shape index (κ1) is 8.40. The molecule has 0 saturated heterocycles. The van der Waals surface area contributed by atoms with Gasteiger partial charge in [0.15, 0.2) is 0 Å². The van der Waals surface area contributed by atoms with Gasteiger partial charge in [0.1, 0.15) is 0 Å². The second kappa shape index (κ2) is 3.62. The summed E-state index contributed by atoms with van der Waals surface area (Å²) in [6.45, 7) is 2.10. The number of aromatic nitrogens is 1. The molecular weight excluding hydrogens is 156 g/mol. The normalized spacial score (nSPS) is 9.73. The third kappa shape index (κ3) is 1.66. The number of nitrogens with one attached hydrogen (secondary N) is 1. The van der Waals surface area contributed by atoms with Crippen molar-refractivity contribution in [1.82, 2.24) is 4.98 Å². The molecular formula is C8H12N2S. The molecule has 0 atom stereocenters. The largest absolute Gasteiger partial charge is 0.387 e. The Labute approximate surface area is 71.4 Å². The molecule has 0 unspecified atom stereocenters. The summed E-state index contributed by atoms with van der Waals surface area (Å²) in [5.41, 5.74) is 2.38. The third-order valence-corrected chi connectivity index (χ3v) is 2.51. The van der Waals surface area contributed by atoms with Gasteiger partial charge >= 0.3 is 0 Å². The summed E-state index contributed by atoms with van der Waals surface area (Å²) in [5, 5.41) is 3.09. The van der Waals surface area contributed by atoms with Crippen molar-refractivity contribution in [3.05, 3.63) is 18.0 Å². The molecule has 0 bridgehead atoms. The van der Waals surface area contributed by atoms with E-state index in [1.54, 1.807) is 11.8 Å². The lowest BCUT2D eigenvalue weighted by atomic mass is 10.2. The first-order chi connectivity index (χ1) is 5.29. The molecule has 0 aliphatic carbocycles. The Bertz CT molecular complexity index is 226. The summed E-state index contributed by atoms with van der Waals surface area (Å²) in [6, 6.07) is 0. The van der Waals surface area contributed by atoms with Gasteiger partial charge in [0.25, 0.3) is 0 Å². The monoisotopic (exact) mass is 168 g/mol. The summed E-state index contributed by atoms with van der Waals surface area (Å²) in [4.78, 5) is 5.34. The Kier molecular flexibility index (Phi) is 2.76. The van der Waals surface area contributed by atoms with Crippen molar-refractivity contribution < 1.29 is 0 Å². The van der Waals surface area contributed by atoms with Crippen LogP contribution >= 0.6 is 11.8 Å². The van der Waals surface area contributed by atoms with Crippen LogP contribution in [0.4, 0.5) is 5.69 Å². The van der Waals surface area contributed by atoms with E-state index in [-0.39, 0.29) is 0 Å². The minimum absolute atomic E-state index is 1.11. The molecule has 2 nitrogen and oxygen atoms in total. The topological polar surface area (TPSA) is 24.9 Å². The zero-order valence-electron chi connectivity index (χ0n) is 7.01. The Balaban J connectivity index is 3.10. The lowest BCUT2D eigenvalue weighted by Gasteiger charge is -2.06. The smallest absolute Gasteiger partial charge is 0.0565 e. The number of hydrogen-bond donors (Lipinski definition) is 1. The van der Waals surface area contributed by atoms with E-state index < -0.39 is 0 Å². The van der Waals surface area contributed by atoms with E-state index in [4.69, 9.17) is 0 Å². The van der Waals surface area contributed by atoms with Crippen LogP contribution in [-0.2, 0) is 0 Å². The Morgan fingerprint density at radius 1 is 1.45 bits per heavy atom. The molecule has 11 heavy (non-hydrogen) atoms. The van der Waals surface area contributed by atoms with Gasteiger partial charge in [0, 0.05) is 18.1 Å². The predicted molar refractivity (Wildman–Crippen MR) is 50.3 cm³/mol. The predicted octanol–water partition coefficient (Wildman–Crippen LogP) is 2.15. The van der Waals surface area contributed by atoms with Crippen LogP contribution in [0.1, 0.15) is 5.56 Å². The Hall–Kier alpha value is -0.700. The molecule has 0 spiro atoms. The average molecular weight is 168 g/mol.